The molecule has 0 saturated carbocycles. The van der Waals surface area contributed by atoms with Gasteiger partial charge in [0.1, 0.15) is 27.8 Å². The van der Waals surface area contributed by atoms with E-state index in [1.807, 2.05) is 12.1 Å². The second-order valence-electron chi connectivity index (χ2n) is 7.50. The van der Waals surface area contributed by atoms with E-state index in [-0.39, 0.29) is 28.7 Å². The van der Waals surface area contributed by atoms with Crippen LogP contribution in [0, 0.1) is 5.82 Å². The zero-order valence-electron chi connectivity index (χ0n) is 17.6. The van der Waals surface area contributed by atoms with Crippen LogP contribution in [-0.2, 0) is 24.0 Å². The molecule has 0 saturated heterocycles. The zero-order chi connectivity index (χ0) is 23.5. The summed E-state index contributed by atoms with van der Waals surface area (Å²) in [6, 6.07) is 16.1. The smallest absolute Gasteiger partial charge is 0.251 e. The van der Waals surface area contributed by atoms with Crippen LogP contribution in [0.5, 0.6) is 5.75 Å². The number of rotatable bonds is 6. The highest BCUT2D eigenvalue weighted by Gasteiger charge is 2.34. The van der Waals surface area contributed by atoms with Crippen LogP contribution >= 0.6 is 11.6 Å². The van der Waals surface area contributed by atoms with E-state index in [1.165, 1.54) is 24.3 Å². The van der Waals surface area contributed by atoms with Gasteiger partial charge >= 0.3 is 0 Å². The van der Waals surface area contributed by atoms with Crippen molar-refractivity contribution in [3.05, 3.63) is 93.8 Å². The lowest BCUT2D eigenvalue weighted by molar-refractivity contribution is 0.0951. The number of benzene rings is 3. The Kier molecular flexibility index (Phi) is 6.76. The van der Waals surface area contributed by atoms with Gasteiger partial charge in [-0.25, -0.2) is 8.60 Å². The number of Topliss-reactive ketones (excluding diaryl/α,β-unsaturated/α-hetero) is 1. The molecule has 3 aromatic carbocycles. The van der Waals surface area contributed by atoms with Gasteiger partial charge in [-0.15, -0.1) is 0 Å². The minimum absolute atomic E-state index is 0.0642. The number of nitrogens with one attached hydrogen (secondary N) is 2. The fraction of sp³-hybridized carbons (Fsp3) is 0.167. The molecule has 1 aliphatic rings. The summed E-state index contributed by atoms with van der Waals surface area (Å²) in [6.45, 7) is 0.310. The number of carbonyl (C=O) groups excluding carboxylic acids is 2. The Balaban J connectivity index is 1.49. The average Bonchev–Trinajstić information content (AvgIpc) is 2.82. The third-order valence-corrected chi connectivity index (χ3v) is 6.93. The Labute approximate surface area is 197 Å². The molecule has 170 valence electrons. The highest BCUT2D eigenvalue weighted by atomic mass is 35.5. The van der Waals surface area contributed by atoms with Gasteiger partial charge in [-0.3, -0.25) is 9.59 Å². The average molecular weight is 487 g/mol. The molecule has 3 aromatic rings. The van der Waals surface area contributed by atoms with Gasteiger partial charge in [0.25, 0.3) is 5.91 Å². The van der Waals surface area contributed by atoms with E-state index in [2.05, 4.69) is 10.0 Å². The van der Waals surface area contributed by atoms with Crippen molar-refractivity contribution in [1.82, 2.24) is 5.32 Å². The first kappa shape index (κ1) is 22.9. The Hall–Kier alpha value is -3.23. The summed E-state index contributed by atoms with van der Waals surface area (Å²) in [6.07, 6.45) is 0.117. The van der Waals surface area contributed by atoms with E-state index >= 15 is 0 Å². The molecular weight excluding hydrogens is 467 g/mol. The number of amides is 1. The first-order valence-corrected chi connectivity index (χ1v) is 11.7. The van der Waals surface area contributed by atoms with E-state index in [0.29, 0.717) is 23.4 Å². The van der Waals surface area contributed by atoms with Crippen LogP contribution in [-0.4, -0.2) is 28.3 Å². The zero-order valence-corrected chi connectivity index (χ0v) is 19.1. The topological polar surface area (TPSA) is 84.5 Å². The van der Waals surface area contributed by atoms with Crippen LogP contribution in [0.15, 0.2) is 60.7 Å². The molecule has 9 heteroatoms. The van der Waals surface area contributed by atoms with Gasteiger partial charge in [-0.2, -0.15) is 0 Å². The van der Waals surface area contributed by atoms with Crippen molar-refractivity contribution in [1.29, 1.82) is 0 Å². The van der Waals surface area contributed by atoms with Gasteiger partial charge in [0.2, 0.25) is 0 Å². The Bertz CT molecular complexity index is 1250. The second-order valence-corrected chi connectivity index (χ2v) is 9.27. The SMILES string of the molecule is COc1ccc(CNC(=O)c2ccc3c(c2)C(=O)C(Cc2ccc(F)c(Cl)c2)S(=O)N3)cc1. The van der Waals surface area contributed by atoms with Crippen LogP contribution in [0.3, 0.4) is 0 Å². The van der Waals surface area contributed by atoms with Crippen LogP contribution in [0.25, 0.3) is 0 Å². The van der Waals surface area contributed by atoms with Gasteiger partial charge in [-0.1, -0.05) is 29.8 Å². The molecular formula is C24H20ClFN2O4S. The number of anilines is 1. The maximum Gasteiger partial charge on any atom is 0.251 e. The summed E-state index contributed by atoms with van der Waals surface area (Å²) in [5, 5.41) is 1.87. The number of ketones is 1. The number of hydrogen-bond acceptors (Lipinski definition) is 4. The minimum atomic E-state index is -1.68. The molecule has 2 N–H and O–H groups in total. The fourth-order valence-corrected chi connectivity index (χ4v) is 4.91. The molecule has 0 aromatic heterocycles. The number of carbonyl (C=O) groups is 2. The molecule has 1 amide bonds. The summed E-state index contributed by atoms with van der Waals surface area (Å²) in [7, 11) is -0.0963. The molecule has 0 bridgehead atoms. The van der Waals surface area contributed by atoms with Crippen molar-refractivity contribution >= 4 is 40.0 Å². The van der Waals surface area contributed by atoms with Crippen LogP contribution in [0.4, 0.5) is 10.1 Å². The predicted molar refractivity (Wildman–Crippen MR) is 126 cm³/mol. The number of ether oxygens (including phenoxy) is 1. The predicted octanol–water partition coefficient (Wildman–Crippen LogP) is 4.30. The Morgan fingerprint density at radius 2 is 1.85 bits per heavy atom. The number of hydrogen-bond donors (Lipinski definition) is 2. The summed E-state index contributed by atoms with van der Waals surface area (Å²) in [4.78, 5) is 25.8. The molecule has 2 unspecified atom stereocenters. The quantitative estimate of drug-likeness (QED) is 0.544. The van der Waals surface area contributed by atoms with Crippen molar-refractivity contribution < 1.29 is 22.9 Å². The monoisotopic (exact) mass is 486 g/mol. The summed E-state index contributed by atoms with van der Waals surface area (Å²) in [5.74, 6) is -0.534. The maximum atomic E-state index is 13.4. The molecule has 1 aliphatic heterocycles. The van der Waals surface area contributed by atoms with Gasteiger partial charge in [0.15, 0.2) is 5.78 Å². The lowest BCUT2D eigenvalue weighted by Gasteiger charge is -2.24. The lowest BCUT2D eigenvalue weighted by Crippen LogP contribution is -2.37. The van der Waals surface area contributed by atoms with Gasteiger partial charge < -0.3 is 14.8 Å². The third kappa shape index (κ3) is 5.07. The normalized spacial score (nSPS) is 17.1. The first-order valence-electron chi connectivity index (χ1n) is 10.1. The molecule has 1 heterocycles. The minimum Gasteiger partial charge on any atom is -0.497 e. The van der Waals surface area contributed by atoms with E-state index < -0.39 is 22.1 Å². The van der Waals surface area contributed by atoms with Gasteiger partial charge in [-0.05, 0) is 60.0 Å². The standard InChI is InChI=1S/C24H20ClFN2O4S/c1-32-17-6-2-14(3-7-17)13-27-24(30)16-5-9-21-18(12-16)23(29)22(33(31)28-21)11-15-4-8-20(26)19(25)10-15/h2-10,12,22,28H,11,13H2,1H3,(H,27,30). The number of fused-ring (bicyclic) bond motifs is 1. The van der Waals surface area contributed by atoms with Gasteiger partial charge in [0.05, 0.1) is 17.8 Å². The maximum absolute atomic E-state index is 13.4. The second kappa shape index (κ2) is 9.72. The molecule has 0 spiro atoms. The summed E-state index contributed by atoms with van der Waals surface area (Å²) < 4.78 is 34.0. The van der Waals surface area contributed by atoms with Gasteiger partial charge in [0, 0.05) is 17.7 Å². The third-order valence-electron chi connectivity index (χ3n) is 5.33. The number of halogens is 2. The first-order chi connectivity index (χ1) is 15.9. The molecule has 33 heavy (non-hydrogen) atoms. The lowest BCUT2D eigenvalue weighted by atomic mass is 9.98. The van der Waals surface area contributed by atoms with E-state index in [0.717, 1.165) is 11.3 Å². The highest BCUT2D eigenvalue weighted by molar-refractivity contribution is 7.88. The van der Waals surface area contributed by atoms with Crippen LogP contribution in [0.2, 0.25) is 5.02 Å². The van der Waals surface area contributed by atoms with E-state index in [1.54, 1.807) is 31.4 Å². The molecule has 4 rings (SSSR count). The molecule has 0 fully saturated rings. The van der Waals surface area contributed by atoms with Crippen molar-refractivity contribution in [2.45, 2.75) is 18.2 Å². The van der Waals surface area contributed by atoms with Crippen molar-refractivity contribution in [3.8, 4) is 5.75 Å². The highest BCUT2D eigenvalue weighted by Crippen LogP contribution is 2.29. The summed E-state index contributed by atoms with van der Waals surface area (Å²) in [5.41, 5.74) is 2.48. The largest absolute Gasteiger partial charge is 0.497 e. The molecule has 0 aliphatic carbocycles. The van der Waals surface area contributed by atoms with Crippen molar-refractivity contribution in [3.63, 3.8) is 0 Å². The number of methoxy groups -OCH3 is 1. The van der Waals surface area contributed by atoms with E-state index in [9.17, 15) is 18.2 Å². The molecule has 2 atom stereocenters. The van der Waals surface area contributed by atoms with Crippen LogP contribution < -0.4 is 14.8 Å². The van der Waals surface area contributed by atoms with Crippen molar-refractivity contribution in [2.75, 3.05) is 11.8 Å². The van der Waals surface area contributed by atoms with E-state index in [4.69, 9.17) is 16.3 Å². The fourth-order valence-electron chi connectivity index (χ4n) is 3.51. The summed E-state index contributed by atoms with van der Waals surface area (Å²) >= 11 is 5.83. The van der Waals surface area contributed by atoms with Crippen molar-refractivity contribution in [2.24, 2.45) is 0 Å². The molecule has 0 radical (unpaired) electrons. The Morgan fingerprint density at radius 1 is 1.12 bits per heavy atom. The van der Waals surface area contributed by atoms with Crippen LogP contribution in [0.1, 0.15) is 31.8 Å². The molecule has 6 nitrogen and oxygen atoms in total. The Morgan fingerprint density at radius 3 is 2.55 bits per heavy atom.